The van der Waals surface area contributed by atoms with Crippen LogP contribution in [0.15, 0.2) is 48.5 Å². The summed E-state index contributed by atoms with van der Waals surface area (Å²) in [4.78, 5) is 28.4. The van der Waals surface area contributed by atoms with Crippen LogP contribution in [0, 0.1) is 6.92 Å². The van der Waals surface area contributed by atoms with Gasteiger partial charge in [0.2, 0.25) is 21.8 Å². The number of halogens is 1. The zero-order valence-corrected chi connectivity index (χ0v) is 22.1. The maximum Gasteiger partial charge on any atom is 0.244 e. The molecule has 1 saturated carbocycles. The normalized spacial score (nSPS) is 15.0. The average molecular weight is 520 g/mol. The van der Waals surface area contributed by atoms with Gasteiger partial charge in [0.05, 0.1) is 11.9 Å². The third-order valence-electron chi connectivity index (χ3n) is 6.35. The third kappa shape index (κ3) is 7.45. The van der Waals surface area contributed by atoms with Crippen LogP contribution in [0.2, 0.25) is 5.02 Å². The van der Waals surface area contributed by atoms with Crippen molar-refractivity contribution in [2.24, 2.45) is 0 Å². The van der Waals surface area contributed by atoms with Crippen LogP contribution in [0.1, 0.15) is 50.2 Å². The minimum Gasteiger partial charge on any atom is -0.352 e. The number of anilines is 1. The zero-order chi connectivity index (χ0) is 25.6. The van der Waals surface area contributed by atoms with Crippen LogP contribution in [0.5, 0.6) is 0 Å². The number of nitrogens with zero attached hydrogens (tertiary/aromatic N) is 2. The van der Waals surface area contributed by atoms with Gasteiger partial charge in [0.25, 0.3) is 0 Å². The first kappa shape index (κ1) is 27.0. The highest BCUT2D eigenvalue weighted by molar-refractivity contribution is 7.92. The van der Waals surface area contributed by atoms with Gasteiger partial charge in [-0.1, -0.05) is 61.2 Å². The Balaban J connectivity index is 1.90. The van der Waals surface area contributed by atoms with Crippen molar-refractivity contribution in [3.63, 3.8) is 0 Å². The molecule has 0 aromatic heterocycles. The molecule has 3 rings (SSSR count). The number of aryl methyl sites for hydroxylation is 1. The number of nitrogens with one attached hydrogen (secondary N) is 1. The predicted molar refractivity (Wildman–Crippen MR) is 140 cm³/mol. The van der Waals surface area contributed by atoms with Gasteiger partial charge >= 0.3 is 0 Å². The SMILES string of the molecule is CC[C@@H](C(=O)NC1CCCC1)N(Cc1ccc(Cl)cc1)C(=O)CN(c1ccc(C)cc1)S(C)(=O)=O. The van der Waals surface area contributed by atoms with E-state index in [0.29, 0.717) is 17.1 Å². The van der Waals surface area contributed by atoms with E-state index in [4.69, 9.17) is 11.6 Å². The van der Waals surface area contributed by atoms with Gasteiger partial charge in [-0.2, -0.15) is 0 Å². The van der Waals surface area contributed by atoms with Gasteiger partial charge in [-0.25, -0.2) is 8.42 Å². The lowest BCUT2D eigenvalue weighted by atomic mass is 10.1. The summed E-state index contributed by atoms with van der Waals surface area (Å²) in [6.45, 7) is 3.53. The molecule has 0 bridgehead atoms. The van der Waals surface area contributed by atoms with Gasteiger partial charge in [-0.15, -0.1) is 0 Å². The Labute approximate surface area is 213 Å². The monoisotopic (exact) mass is 519 g/mol. The molecule has 0 spiro atoms. The molecule has 2 amide bonds. The summed E-state index contributed by atoms with van der Waals surface area (Å²) in [6, 6.07) is 13.4. The summed E-state index contributed by atoms with van der Waals surface area (Å²) in [5, 5.41) is 3.67. The van der Waals surface area contributed by atoms with Crippen molar-refractivity contribution in [3.8, 4) is 0 Å². The van der Waals surface area contributed by atoms with E-state index in [0.717, 1.165) is 47.4 Å². The molecule has 35 heavy (non-hydrogen) atoms. The van der Waals surface area contributed by atoms with Crippen molar-refractivity contribution >= 4 is 39.1 Å². The molecule has 1 fully saturated rings. The minimum absolute atomic E-state index is 0.115. The van der Waals surface area contributed by atoms with Crippen LogP contribution in [0.25, 0.3) is 0 Å². The lowest BCUT2D eigenvalue weighted by Crippen LogP contribution is -2.53. The Bertz CT molecular complexity index is 1110. The fourth-order valence-corrected chi connectivity index (χ4v) is 5.37. The Hall–Kier alpha value is -2.58. The molecular weight excluding hydrogens is 486 g/mol. The molecule has 0 unspecified atom stereocenters. The van der Waals surface area contributed by atoms with Crippen LogP contribution >= 0.6 is 11.6 Å². The van der Waals surface area contributed by atoms with E-state index in [9.17, 15) is 18.0 Å². The number of sulfonamides is 1. The van der Waals surface area contributed by atoms with E-state index < -0.39 is 28.5 Å². The number of hydrogen-bond acceptors (Lipinski definition) is 4. The van der Waals surface area contributed by atoms with Gasteiger partial charge in [-0.3, -0.25) is 13.9 Å². The van der Waals surface area contributed by atoms with E-state index >= 15 is 0 Å². The van der Waals surface area contributed by atoms with Crippen LogP contribution in [0.3, 0.4) is 0 Å². The van der Waals surface area contributed by atoms with Gasteiger partial charge in [-0.05, 0) is 56.0 Å². The summed E-state index contributed by atoms with van der Waals surface area (Å²) >= 11 is 6.03. The Morgan fingerprint density at radius 1 is 1.06 bits per heavy atom. The number of rotatable bonds is 10. The molecule has 2 aromatic rings. The topological polar surface area (TPSA) is 86.8 Å². The summed E-state index contributed by atoms with van der Waals surface area (Å²) < 4.78 is 26.4. The Kier molecular flexibility index (Phi) is 9.19. The van der Waals surface area contributed by atoms with E-state index in [1.807, 2.05) is 13.8 Å². The average Bonchev–Trinajstić information content (AvgIpc) is 3.31. The highest BCUT2D eigenvalue weighted by Crippen LogP contribution is 2.22. The van der Waals surface area contributed by atoms with Crippen molar-refractivity contribution in [2.45, 2.75) is 64.6 Å². The second-order valence-electron chi connectivity index (χ2n) is 9.17. The number of hydrogen-bond donors (Lipinski definition) is 1. The fourth-order valence-electron chi connectivity index (χ4n) is 4.40. The molecule has 190 valence electrons. The first-order chi connectivity index (χ1) is 16.6. The summed E-state index contributed by atoms with van der Waals surface area (Å²) in [5.41, 5.74) is 2.19. The Morgan fingerprint density at radius 2 is 1.66 bits per heavy atom. The number of carbonyl (C=O) groups is 2. The second kappa shape index (κ2) is 11.9. The number of benzene rings is 2. The number of carbonyl (C=O) groups excluding carboxylic acids is 2. The van der Waals surface area contributed by atoms with Crippen LogP contribution in [0.4, 0.5) is 5.69 Å². The maximum atomic E-state index is 13.7. The molecule has 9 heteroatoms. The van der Waals surface area contributed by atoms with E-state index in [2.05, 4.69) is 5.32 Å². The van der Waals surface area contributed by atoms with Crippen molar-refractivity contribution in [1.29, 1.82) is 0 Å². The summed E-state index contributed by atoms with van der Waals surface area (Å²) in [6.07, 6.45) is 5.50. The largest absolute Gasteiger partial charge is 0.352 e. The molecule has 0 heterocycles. The molecule has 1 atom stereocenters. The first-order valence-corrected chi connectivity index (χ1v) is 14.2. The first-order valence-electron chi connectivity index (χ1n) is 12.0. The molecule has 1 aliphatic carbocycles. The van der Waals surface area contributed by atoms with Gasteiger partial charge in [0, 0.05) is 17.6 Å². The van der Waals surface area contributed by atoms with Crippen molar-refractivity contribution < 1.29 is 18.0 Å². The van der Waals surface area contributed by atoms with E-state index in [1.165, 1.54) is 4.90 Å². The third-order valence-corrected chi connectivity index (χ3v) is 7.75. The standard InChI is InChI=1S/C26H34ClN3O4S/c1-4-24(26(32)28-22-7-5-6-8-22)29(17-20-11-13-21(27)14-12-20)25(31)18-30(35(3,33)34)23-15-9-19(2)10-16-23/h9-16,22,24H,4-8,17-18H2,1-3H3,(H,28,32)/t24-/m0/s1. The molecule has 0 radical (unpaired) electrons. The molecule has 2 aromatic carbocycles. The van der Waals surface area contributed by atoms with Gasteiger partial charge < -0.3 is 10.2 Å². The fraction of sp³-hybridized carbons (Fsp3) is 0.462. The molecule has 1 aliphatic rings. The highest BCUT2D eigenvalue weighted by Gasteiger charge is 2.33. The van der Waals surface area contributed by atoms with Gasteiger partial charge in [0.15, 0.2) is 0 Å². The van der Waals surface area contributed by atoms with E-state index in [1.54, 1.807) is 48.5 Å². The minimum atomic E-state index is -3.74. The predicted octanol–water partition coefficient (Wildman–Crippen LogP) is 4.28. The van der Waals surface area contributed by atoms with Gasteiger partial charge in [0.1, 0.15) is 12.6 Å². The van der Waals surface area contributed by atoms with Crippen molar-refractivity contribution in [1.82, 2.24) is 10.2 Å². The lowest BCUT2D eigenvalue weighted by molar-refractivity contribution is -0.140. The van der Waals surface area contributed by atoms with Crippen molar-refractivity contribution in [2.75, 3.05) is 17.1 Å². The van der Waals surface area contributed by atoms with Crippen molar-refractivity contribution in [3.05, 3.63) is 64.7 Å². The molecule has 0 aliphatic heterocycles. The summed E-state index contributed by atoms with van der Waals surface area (Å²) in [5.74, 6) is -0.651. The van der Waals surface area contributed by atoms with Crippen LogP contribution in [-0.2, 0) is 26.2 Å². The molecule has 1 N–H and O–H groups in total. The smallest absolute Gasteiger partial charge is 0.244 e. The summed E-state index contributed by atoms with van der Waals surface area (Å²) in [7, 11) is -3.74. The second-order valence-corrected chi connectivity index (χ2v) is 11.5. The highest BCUT2D eigenvalue weighted by atomic mass is 35.5. The molecular formula is C26H34ClN3O4S. The van der Waals surface area contributed by atoms with Crippen LogP contribution in [-0.4, -0.2) is 50.0 Å². The van der Waals surface area contributed by atoms with Crippen LogP contribution < -0.4 is 9.62 Å². The molecule has 0 saturated heterocycles. The zero-order valence-electron chi connectivity index (χ0n) is 20.5. The Morgan fingerprint density at radius 3 is 2.20 bits per heavy atom. The molecule has 7 nitrogen and oxygen atoms in total. The number of amides is 2. The lowest BCUT2D eigenvalue weighted by Gasteiger charge is -2.33. The maximum absolute atomic E-state index is 13.7. The van der Waals surface area contributed by atoms with E-state index in [-0.39, 0.29) is 18.5 Å². The quantitative estimate of drug-likeness (QED) is 0.507.